The first-order valence-electron chi connectivity index (χ1n) is 12.1. The molecular weight excluding hydrogens is 507 g/mol. The number of nitrogens with one attached hydrogen (secondary N) is 1. The molecule has 1 N–H and O–H groups in total. The van der Waals surface area contributed by atoms with E-state index in [1.54, 1.807) is 24.3 Å². The van der Waals surface area contributed by atoms with Crippen molar-refractivity contribution in [1.29, 1.82) is 0 Å². The molecule has 1 saturated heterocycles. The van der Waals surface area contributed by atoms with Gasteiger partial charge in [-0.15, -0.1) is 0 Å². The second-order valence-electron chi connectivity index (χ2n) is 9.34. The van der Waals surface area contributed by atoms with E-state index in [4.69, 9.17) is 26.1 Å². The molecule has 0 aliphatic carbocycles. The van der Waals surface area contributed by atoms with Crippen LogP contribution in [0.2, 0.25) is 5.02 Å². The largest absolute Gasteiger partial charge is 0.487 e. The number of anilines is 2. The average molecular weight is 535 g/mol. The third-order valence-corrected chi connectivity index (χ3v) is 6.45. The molecule has 4 aromatic rings. The Kier molecular flexibility index (Phi) is 7.57. The van der Waals surface area contributed by atoms with Crippen LogP contribution < -0.4 is 10.1 Å². The summed E-state index contributed by atoms with van der Waals surface area (Å²) >= 11 is 6.48. The molecule has 2 heterocycles. The van der Waals surface area contributed by atoms with Gasteiger partial charge in [0.15, 0.2) is 0 Å². The van der Waals surface area contributed by atoms with E-state index in [0.29, 0.717) is 29.2 Å². The molecule has 0 unspecified atom stereocenters. The molecule has 1 atom stereocenters. The molecule has 3 aromatic carbocycles. The lowest BCUT2D eigenvalue weighted by Gasteiger charge is -2.21. The number of aliphatic imine (C=N–C) groups is 1. The van der Waals surface area contributed by atoms with E-state index in [0.717, 1.165) is 34.4 Å². The lowest BCUT2D eigenvalue weighted by Crippen LogP contribution is -2.38. The molecular formula is C28H28ClFN6O2. The lowest BCUT2D eigenvalue weighted by molar-refractivity contribution is 0.262. The Labute approximate surface area is 225 Å². The highest BCUT2D eigenvalue weighted by molar-refractivity contribution is 6.32. The van der Waals surface area contributed by atoms with Crippen LogP contribution in [0.4, 0.5) is 21.6 Å². The number of ether oxygens (including phenoxy) is 2. The Bertz CT molecular complexity index is 1480. The second kappa shape index (κ2) is 11.2. The Morgan fingerprint density at radius 2 is 2.03 bits per heavy atom. The Morgan fingerprint density at radius 1 is 1.16 bits per heavy atom. The zero-order valence-corrected chi connectivity index (χ0v) is 22.1. The normalized spacial score (nSPS) is 16.3. The lowest BCUT2D eigenvalue weighted by atomic mass is 10.2. The van der Waals surface area contributed by atoms with Gasteiger partial charge in [0, 0.05) is 24.7 Å². The Morgan fingerprint density at radius 3 is 2.82 bits per heavy atom. The van der Waals surface area contributed by atoms with E-state index in [9.17, 15) is 4.39 Å². The number of benzene rings is 3. The van der Waals surface area contributed by atoms with Crippen LogP contribution in [0.5, 0.6) is 5.75 Å². The van der Waals surface area contributed by atoms with Gasteiger partial charge in [-0.1, -0.05) is 23.7 Å². The molecule has 0 bridgehead atoms. The minimum Gasteiger partial charge on any atom is -0.487 e. The molecule has 38 heavy (non-hydrogen) atoms. The first-order valence-corrected chi connectivity index (χ1v) is 12.5. The summed E-state index contributed by atoms with van der Waals surface area (Å²) in [5.41, 5.74) is 2.97. The van der Waals surface area contributed by atoms with Crippen LogP contribution in [0.1, 0.15) is 5.56 Å². The average Bonchev–Trinajstić information content (AvgIpc) is 3.22. The summed E-state index contributed by atoms with van der Waals surface area (Å²) in [4.78, 5) is 17.8. The van der Waals surface area contributed by atoms with Crippen LogP contribution in [-0.2, 0) is 11.3 Å². The van der Waals surface area contributed by atoms with Gasteiger partial charge in [-0.05, 0) is 68.2 Å². The van der Waals surface area contributed by atoms with Gasteiger partial charge in [0.25, 0.3) is 6.02 Å². The smallest absolute Gasteiger partial charge is 0.292 e. The number of likely N-dealkylation sites (N-methyl/N-ethyl adjacent to an activating group) is 2. The highest BCUT2D eigenvalue weighted by Gasteiger charge is 2.28. The van der Waals surface area contributed by atoms with E-state index in [-0.39, 0.29) is 18.5 Å². The summed E-state index contributed by atoms with van der Waals surface area (Å²) in [5, 5.41) is 4.55. The molecule has 0 radical (unpaired) electrons. The standard InChI is InChI=1S/C28H28ClFN6O2/c1-35(2)14-22-16-38-28(36(22)3)34-20-7-9-25-23(12-20)27(32-17-31-25)33-21-8-10-26(24(29)13-21)37-15-18-5-4-6-19(30)11-18/h4-13,17,22H,14-16H2,1-3H3,(H,31,32,33)/t22-/m1/s1. The van der Waals surface area contributed by atoms with Gasteiger partial charge in [-0.2, -0.15) is 4.99 Å². The number of halogens is 2. The summed E-state index contributed by atoms with van der Waals surface area (Å²) < 4.78 is 25.1. The zero-order valence-electron chi connectivity index (χ0n) is 21.4. The van der Waals surface area contributed by atoms with Gasteiger partial charge in [-0.3, -0.25) is 0 Å². The number of hydrogen-bond donors (Lipinski definition) is 1. The van der Waals surface area contributed by atoms with E-state index in [2.05, 4.69) is 25.1 Å². The van der Waals surface area contributed by atoms with Crippen LogP contribution in [0.15, 0.2) is 72.0 Å². The molecule has 1 fully saturated rings. The molecule has 1 aliphatic heterocycles. The van der Waals surface area contributed by atoms with Crippen LogP contribution in [0.3, 0.4) is 0 Å². The van der Waals surface area contributed by atoms with Crippen molar-refractivity contribution in [3.8, 4) is 5.75 Å². The second-order valence-corrected chi connectivity index (χ2v) is 9.75. The fourth-order valence-electron chi connectivity index (χ4n) is 4.19. The molecule has 5 rings (SSSR count). The van der Waals surface area contributed by atoms with Crippen molar-refractivity contribution in [2.24, 2.45) is 4.99 Å². The molecule has 0 spiro atoms. The number of fused-ring (bicyclic) bond motifs is 1. The van der Waals surface area contributed by atoms with E-state index in [1.807, 2.05) is 45.4 Å². The van der Waals surface area contributed by atoms with Crippen LogP contribution >= 0.6 is 11.6 Å². The first-order chi connectivity index (χ1) is 18.4. The molecule has 1 aromatic heterocycles. The first kappa shape index (κ1) is 25.7. The SMILES string of the molecule is CN(C)C[C@@H]1COC(=Nc2ccc3ncnc(Nc4ccc(OCc5cccc(F)c5)c(Cl)c4)c3c2)N1C. The van der Waals surface area contributed by atoms with Gasteiger partial charge in [0.2, 0.25) is 0 Å². The van der Waals surface area contributed by atoms with E-state index >= 15 is 0 Å². The minimum absolute atomic E-state index is 0.209. The third-order valence-electron chi connectivity index (χ3n) is 6.15. The van der Waals surface area contributed by atoms with Crippen LogP contribution in [0, 0.1) is 5.82 Å². The summed E-state index contributed by atoms with van der Waals surface area (Å²) in [7, 11) is 6.08. The fraction of sp³-hybridized carbons (Fsp3) is 0.250. The van der Waals surface area contributed by atoms with Crippen molar-refractivity contribution in [1.82, 2.24) is 19.8 Å². The monoisotopic (exact) mass is 534 g/mol. The highest BCUT2D eigenvalue weighted by atomic mass is 35.5. The Balaban J connectivity index is 1.33. The summed E-state index contributed by atoms with van der Waals surface area (Å²) in [6, 6.07) is 18.2. The quantitative estimate of drug-likeness (QED) is 0.314. The molecule has 196 valence electrons. The van der Waals surface area contributed by atoms with E-state index < -0.39 is 0 Å². The molecule has 10 heteroatoms. The topological polar surface area (TPSA) is 75.1 Å². The maximum Gasteiger partial charge on any atom is 0.292 e. The number of hydrogen-bond acceptors (Lipinski definition) is 7. The van der Waals surface area contributed by atoms with Crippen molar-refractivity contribution in [3.63, 3.8) is 0 Å². The maximum atomic E-state index is 13.4. The summed E-state index contributed by atoms with van der Waals surface area (Å²) in [6.45, 7) is 1.69. The molecule has 8 nitrogen and oxygen atoms in total. The summed E-state index contributed by atoms with van der Waals surface area (Å²) in [5.74, 6) is 0.813. The number of nitrogens with zero attached hydrogens (tertiary/aromatic N) is 5. The maximum absolute atomic E-state index is 13.4. The van der Waals surface area contributed by atoms with Crippen molar-refractivity contribution in [2.75, 3.05) is 39.6 Å². The predicted molar refractivity (Wildman–Crippen MR) is 148 cm³/mol. The molecule has 0 saturated carbocycles. The molecule has 0 amide bonds. The van der Waals surface area contributed by atoms with Gasteiger partial charge in [0.05, 0.1) is 22.3 Å². The van der Waals surface area contributed by atoms with Crippen molar-refractivity contribution in [2.45, 2.75) is 12.6 Å². The van der Waals surface area contributed by atoms with Gasteiger partial charge in [-0.25, -0.2) is 14.4 Å². The van der Waals surface area contributed by atoms with Crippen LogP contribution in [-0.4, -0.2) is 66.1 Å². The highest BCUT2D eigenvalue weighted by Crippen LogP contribution is 2.32. The zero-order chi connectivity index (χ0) is 26.6. The van der Waals surface area contributed by atoms with Gasteiger partial charge < -0.3 is 24.6 Å². The van der Waals surface area contributed by atoms with Gasteiger partial charge >= 0.3 is 0 Å². The van der Waals surface area contributed by atoms with E-state index in [1.165, 1.54) is 18.5 Å². The van der Waals surface area contributed by atoms with Crippen LogP contribution in [0.25, 0.3) is 10.9 Å². The third kappa shape index (κ3) is 5.95. The number of aromatic nitrogens is 2. The molecule has 1 aliphatic rings. The Hall–Kier alpha value is -3.95. The fourth-order valence-corrected chi connectivity index (χ4v) is 4.43. The summed E-state index contributed by atoms with van der Waals surface area (Å²) in [6.07, 6.45) is 1.51. The van der Waals surface area contributed by atoms with Crippen molar-refractivity contribution in [3.05, 3.63) is 83.4 Å². The number of rotatable bonds is 8. The van der Waals surface area contributed by atoms with Gasteiger partial charge in [0.1, 0.15) is 36.9 Å². The number of amidine groups is 1. The minimum atomic E-state index is -0.306. The van der Waals surface area contributed by atoms with Crippen molar-refractivity contribution >= 4 is 45.7 Å². The predicted octanol–water partition coefficient (Wildman–Crippen LogP) is 5.62. The van der Waals surface area contributed by atoms with Crippen molar-refractivity contribution < 1.29 is 13.9 Å².